The number of rotatable bonds is 23. The Kier molecular flexibility index (Phi) is 23.1. The van der Waals surface area contributed by atoms with Crippen LogP contribution >= 0.6 is 0 Å². The highest BCUT2D eigenvalue weighted by atomic mass is 16.5. The number of hydrogen-bond donors (Lipinski definition) is 2. The third kappa shape index (κ3) is 22.3. The quantitative estimate of drug-likeness (QED) is 0.0790. The zero-order valence-electron chi connectivity index (χ0n) is 26.1. The van der Waals surface area contributed by atoms with E-state index in [4.69, 9.17) is 4.74 Å². The molecule has 1 aromatic rings. The molecule has 43 heavy (non-hydrogen) atoms. The second-order valence-corrected chi connectivity index (χ2v) is 9.98. The van der Waals surface area contributed by atoms with Crippen LogP contribution in [0.5, 0.6) is 0 Å². The minimum absolute atomic E-state index is 0.0644. The maximum atomic E-state index is 12.4. The lowest BCUT2D eigenvalue weighted by Crippen LogP contribution is -2.41. The zero-order chi connectivity index (χ0) is 31.2. The van der Waals surface area contributed by atoms with Crippen LogP contribution in [0.25, 0.3) is 6.08 Å². The minimum Gasteiger partial charge on any atom is -0.467 e. The highest BCUT2D eigenvalue weighted by Crippen LogP contribution is 2.06. The Hall–Kier alpha value is -4.00. The number of ether oxygens (including phenoxy) is 1. The van der Waals surface area contributed by atoms with Crippen LogP contribution < -0.4 is 10.6 Å². The van der Waals surface area contributed by atoms with Gasteiger partial charge in [0.05, 0.1) is 7.11 Å². The number of hydrogen-bond acceptors (Lipinski definition) is 5. The first-order valence-corrected chi connectivity index (χ1v) is 15.5. The molecule has 0 aliphatic rings. The molecule has 0 aromatic carbocycles. The van der Waals surface area contributed by atoms with Crippen LogP contribution in [0.3, 0.4) is 0 Å². The molecular formula is C36H51N3O4. The molecule has 0 aliphatic carbocycles. The summed E-state index contributed by atoms with van der Waals surface area (Å²) in [4.78, 5) is 40.6. The van der Waals surface area contributed by atoms with Crippen LogP contribution in [0.1, 0.15) is 89.5 Å². The number of nitrogens with one attached hydrogen (secondary N) is 2. The van der Waals surface area contributed by atoms with E-state index in [1.807, 2.05) is 18.2 Å². The zero-order valence-corrected chi connectivity index (χ0v) is 26.1. The first-order chi connectivity index (χ1) is 21.1. The second kappa shape index (κ2) is 26.9. The van der Waals surface area contributed by atoms with Crippen molar-refractivity contribution in [2.45, 2.75) is 90.0 Å². The number of unbranched alkanes of at least 4 members (excludes halogenated alkanes) is 2. The van der Waals surface area contributed by atoms with Crippen molar-refractivity contribution in [2.24, 2.45) is 0 Å². The number of carbonyl (C=O) groups excluding carboxylic acids is 3. The van der Waals surface area contributed by atoms with E-state index in [0.29, 0.717) is 38.6 Å². The van der Waals surface area contributed by atoms with Gasteiger partial charge in [-0.15, -0.1) is 0 Å². The number of methoxy groups -OCH3 is 1. The SMILES string of the molecule is CC/C=C\C/C=C\C/C=C\C/C=C\C/C=C\CCCC(=O)N[C@@H](CCCCNC(=O)C/C=C/c1cccnc1)C(=O)OC. The molecule has 0 bridgehead atoms. The predicted molar refractivity (Wildman–Crippen MR) is 177 cm³/mol. The fourth-order valence-corrected chi connectivity index (χ4v) is 3.96. The van der Waals surface area contributed by atoms with E-state index in [0.717, 1.165) is 44.1 Å². The molecule has 1 atom stereocenters. The summed E-state index contributed by atoms with van der Waals surface area (Å²) in [7, 11) is 1.32. The Balaban J connectivity index is 2.14. The van der Waals surface area contributed by atoms with Crippen molar-refractivity contribution >= 4 is 23.9 Å². The van der Waals surface area contributed by atoms with E-state index in [9.17, 15) is 14.4 Å². The molecule has 234 valence electrons. The average Bonchev–Trinajstić information content (AvgIpc) is 3.02. The standard InChI is InChI=1S/C36H51N3O4/c1-3-4-5-6-7-8-9-10-11-12-13-14-15-16-17-18-19-27-35(41)39-33(36(42)43-2)26-20-21-30-38-34(40)28-22-24-32-25-23-29-37-31-32/h4-5,7-8,10-11,13-14,16-17,22-25,29,31,33H,3,6,9,12,15,18-21,26-28,30H2,1-2H3,(H,38,40)(H,39,41)/b5-4-,8-7-,11-10-,14-13-,17-16-,24-22+/t33-/m0/s1. The smallest absolute Gasteiger partial charge is 0.328 e. The van der Waals surface area contributed by atoms with Gasteiger partial charge in [0.1, 0.15) is 6.04 Å². The molecule has 0 spiro atoms. The predicted octanol–water partition coefficient (Wildman–Crippen LogP) is 7.35. The van der Waals surface area contributed by atoms with Gasteiger partial charge < -0.3 is 15.4 Å². The van der Waals surface area contributed by atoms with Gasteiger partial charge >= 0.3 is 5.97 Å². The van der Waals surface area contributed by atoms with Gasteiger partial charge in [-0.2, -0.15) is 0 Å². The molecule has 0 fully saturated rings. The molecule has 0 saturated carbocycles. The van der Waals surface area contributed by atoms with Crippen LogP contribution in [-0.2, 0) is 19.1 Å². The molecule has 2 N–H and O–H groups in total. The minimum atomic E-state index is -0.677. The molecule has 2 amide bonds. The summed E-state index contributed by atoms with van der Waals surface area (Å²) >= 11 is 0. The van der Waals surface area contributed by atoms with Crippen LogP contribution in [-0.4, -0.2) is 42.5 Å². The van der Waals surface area contributed by atoms with E-state index in [-0.39, 0.29) is 18.2 Å². The summed E-state index contributed by atoms with van der Waals surface area (Å²) < 4.78 is 4.87. The highest BCUT2D eigenvalue weighted by molar-refractivity contribution is 5.84. The van der Waals surface area contributed by atoms with Gasteiger partial charge in [-0.05, 0) is 75.8 Å². The Morgan fingerprint density at radius 1 is 0.837 bits per heavy atom. The largest absolute Gasteiger partial charge is 0.467 e. The van der Waals surface area contributed by atoms with Crippen molar-refractivity contribution in [1.29, 1.82) is 0 Å². The van der Waals surface area contributed by atoms with Crippen molar-refractivity contribution in [3.63, 3.8) is 0 Å². The normalized spacial score (nSPS) is 12.8. The Morgan fingerprint density at radius 2 is 1.49 bits per heavy atom. The summed E-state index contributed by atoms with van der Waals surface area (Å²) in [6.07, 6.45) is 37.6. The molecule has 0 aliphatic heterocycles. The summed E-state index contributed by atoms with van der Waals surface area (Å²) in [5, 5.41) is 5.68. The molecule has 1 aromatic heterocycles. The van der Waals surface area contributed by atoms with Gasteiger partial charge in [0.25, 0.3) is 0 Å². The molecule has 0 saturated heterocycles. The fourth-order valence-electron chi connectivity index (χ4n) is 3.96. The van der Waals surface area contributed by atoms with E-state index >= 15 is 0 Å². The summed E-state index contributed by atoms with van der Waals surface area (Å²) in [6, 6.07) is 3.09. The van der Waals surface area contributed by atoms with Gasteiger partial charge in [-0.3, -0.25) is 14.6 Å². The van der Waals surface area contributed by atoms with E-state index in [1.54, 1.807) is 18.5 Å². The first-order valence-electron chi connectivity index (χ1n) is 15.5. The van der Waals surface area contributed by atoms with Crippen LogP contribution in [0.2, 0.25) is 0 Å². The molecule has 1 rings (SSSR count). The number of nitrogens with zero attached hydrogens (tertiary/aromatic N) is 1. The number of amides is 2. The lowest BCUT2D eigenvalue weighted by Gasteiger charge is -2.16. The summed E-state index contributed by atoms with van der Waals surface area (Å²) in [6.45, 7) is 2.65. The third-order valence-corrected chi connectivity index (χ3v) is 6.29. The van der Waals surface area contributed by atoms with E-state index in [2.05, 4.69) is 83.3 Å². The van der Waals surface area contributed by atoms with Gasteiger partial charge in [0.15, 0.2) is 0 Å². The molecule has 0 unspecified atom stereocenters. The van der Waals surface area contributed by atoms with Crippen molar-refractivity contribution in [1.82, 2.24) is 15.6 Å². The van der Waals surface area contributed by atoms with Crippen molar-refractivity contribution in [3.05, 3.63) is 96.9 Å². The third-order valence-electron chi connectivity index (χ3n) is 6.29. The van der Waals surface area contributed by atoms with E-state index in [1.165, 1.54) is 7.11 Å². The van der Waals surface area contributed by atoms with Gasteiger partial charge in [0.2, 0.25) is 11.8 Å². The molecule has 1 heterocycles. The van der Waals surface area contributed by atoms with Crippen molar-refractivity contribution in [2.75, 3.05) is 13.7 Å². The Labute approximate surface area is 259 Å². The van der Waals surface area contributed by atoms with Crippen LogP contribution in [0, 0.1) is 0 Å². The number of aromatic nitrogens is 1. The molecule has 7 nitrogen and oxygen atoms in total. The number of pyridine rings is 1. The monoisotopic (exact) mass is 589 g/mol. The van der Waals surface area contributed by atoms with Crippen LogP contribution in [0.15, 0.2) is 91.4 Å². The molecular weight excluding hydrogens is 538 g/mol. The highest BCUT2D eigenvalue weighted by Gasteiger charge is 2.20. The lowest BCUT2D eigenvalue weighted by atomic mass is 10.1. The maximum absolute atomic E-state index is 12.4. The Bertz CT molecular complexity index is 1070. The number of allylic oxidation sites excluding steroid dienone is 10. The molecule has 0 radical (unpaired) electrons. The first kappa shape index (κ1) is 37.0. The summed E-state index contributed by atoms with van der Waals surface area (Å²) in [5.41, 5.74) is 0.945. The van der Waals surface area contributed by atoms with Gasteiger partial charge in [-0.25, -0.2) is 4.79 Å². The number of esters is 1. The lowest BCUT2D eigenvalue weighted by molar-refractivity contribution is -0.145. The summed E-state index contributed by atoms with van der Waals surface area (Å²) in [5.74, 6) is -0.669. The fraction of sp³-hybridized carbons (Fsp3) is 0.444. The topological polar surface area (TPSA) is 97.4 Å². The maximum Gasteiger partial charge on any atom is 0.328 e. The number of carbonyl (C=O) groups is 3. The van der Waals surface area contributed by atoms with Crippen molar-refractivity contribution < 1.29 is 19.1 Å². The van der Waals surface area contributed by atoms with Crippen molar-refractivity contribution in [3.8, 4) is 0 Å². The van der Waals surface area contributed by atoms with Crippen LogP contribution in [0.4, 0.5) is 0 Å². The Morgan fingerprint density at radius 3 is 2.09 bits per heavy atom. The molecule has 7 heteroatoms. The van der Waals surface area contributed by atoms with E-state index < -0.39 is 12.0 Å². The van der Waals surface area contributed by atoms with Gasteiger partial charge in [0, 0.05) is 31.8 Å². The second-order valence-electron chi connectivity index (χ2n) is 9.98. The average molecular weight is 590 g/mol. The van der Waals surface area contributed by atoms with Gasteiger partial charge in [-0.1, -0.05) is 85.9 Å².